The number of carbonyl (C=O) groups excluding carboxylic acids is 1. The molecule has 0 aromatic carbocycles. The molecule has 0 aromatic rings. The predicted molar refractivity (Wildman–Crippen MR) is 42.2 cm³/mol. The van der Waals surface area contributed by atoms with Crippen molar-refractivity contribution in [1.29, 1.82) is 0 Å². The van der Waals surface area contributed by atoms with Crippen molar-refractivity contribution in [2.75, 3.05) is 0 Å². The zero-order valence-electron chi connectivity index (χ0n) is 5.33. The number of nitrogens with one attached hydrogen (secondary N) is 1. The Hall–Kier alpha value is -0.900. The van der Waals surface area contributed by atoms with Gasteiger partial charge in [-0.1, -0.05) is 18.3 Å². The highest BCUT2D eigenvalue weighted by atomic mass is 32.1. The van der Waals surface area contributed by atoms with Crippen molar-refractivity contribution in [2.24, 2.45) is 11.7 Å². The van der Waals surface area contributed by atoms with Gasteiger partial charge in [0.2, 0.25) is 5.91 Å². The predicted octanol–water partition coefficient (Wildman–Crippen LogP) is -0.0777. The van der Waals surface area contributed by atoms with Gasteiger partial charge in [0.15, 0.2) is 0 Å². The van der Waals surface area contributed by atoms with Gasteiger partial charge in [-0.15, -0.1) is 0 Å². The minimum atomic E-state index is -0.359. The van der Waals surface area contributed by atoms with Crippen molar-refractivity contribution < 1.29 is 4.79 Å². The van der Waals surface area contributed by atoms with E-state index in [9.17, 15) is 4.79 Å². The number of hydrogen-bond donors (Lipinski definition) is 2. The highest BCUT2D eigenvalue weighted by Crippen LogP contribution is 2.08. The van der Waals surface area contributed by atoms with Crippen molar-refractivity contribution >= 4 is 23.1 Å². The number of thiocarbonyl (C=S) groups is 1. The summed E-state index contributed by atoms with van der Waals surface area (Å²) in [6.07, 6.45) is 4.19. The quantitative estimate of drug-likeness (QED) is 0.522. The van der Waals surface area contributed by atoms with Crippen LogP contribution in [0.3, 0.4) is 0 Å². The van der Waals surface area contributed by atoms with Crippen LogP contribution in [0.5, 0.6) is 0 Å². The highest BCUT2D eigenvalue weighted by Gasteiger charge is 2.20. The van der Waals surface area contributed by atoms with E-state index in [-0.39, 0.29) is 11.8 Å². The van der Waals surface area contributed by atoms with Crippen LogP contribution in [0.2, 0.25) is 0 Å². The minimum Gasteiger partial charge on any atom is -0.369 e. The molecule has 0 saturated heterocycles. The van der Waals surface area contributed by atoms with Crippen molar-refractivity contribution in [3.63, 3.8) is 0 Å². The summed E-state index contributed by atoms with van der Waals surface area (Å²) in [5.74, 6) is -0.665. The summed E-state index contributed by atoms with van der Waals surface area (Å²) in [6.45, 7) is 0. The number of allylic oxidation sites excluding steroid dienone is 1. The van der Waals surface area contributed by atoms with Crippen LogP contribution >= 0.6 is 12.2 Å². The molecule has 54 valence electrons. The van der Waals surface area contributed by atoms with E-state index < -0.39 is 0 Å². The van der Waals surface area contributed by atoms with Crippen LogP contribution in [0, 0.1) is 5.92 Å². The van der Waals surface area contributed by atoms with Gasteiger partial charge in [-0.2, -0.15) is 0 Å². The lowest BCUT2D eigenvalue weighted by molar-refractivity contribution is -0.119. The molecule has 0 spiro atoms. The van der Waals surface area contributed by atoms with E-state index in [2.05, 4.69) is 5.32 Å². The standard InChI is InChI=1S/C6H8N2OS/c7-5(9)4-2-1-3-8-6(4)10/h1,3-4H,2H2,(H2,7,9)(H,8,10). The van der Waals surface area contributed by atoms with Gasteiger partial charge in [-0.05, 0) is 12.6 Å². The Labute approximate surface area is 64.3 Å². The Morgan fingerprint density at radius 3 is 3.00 bits per heavy atom. The van der Waals surface area contributed by atoms with Crippen molar-refractivity contribution in [1.82, 2.24) is 5.32 Å². The summed E-state index contributed by atoms with van der Waals surface area (Å²) in [6, 6.07) is 0. The third-order valence-electron chi connectivity index (χ3n) is 1.38. The normalized spacial score (nSPS) is 24.0. The summed E-state index contributed by atoms with van der Waals surface area (Å²) in [7, 11) is 0. The maximum absolute atomic E-state index is 10.6. The van der Waals surface area contributed by atoms with Crippen molar-refractivity contribution in [3.8, 4) is 0 Å². The Balaban J connectivity index is 2.68. The van der Waals surface area contributed by atoms with Gasteiger partial charge in [0.1, 0.15) is 0 Å². The van der Waals surface area contributed by atoms with Crippen LogP contribution in [0.4, 0.5) is 0 Å². The largest absolute Gasteiger partial charge is 0.369 e. The Morgan fingerprint density at radius 1 is 1.90 bits per heavy atom. The lowest BCUT2D eigenvalue weighted by Crippen LogP contribution is -2.37. The topological polar surface area (TPSA) is 55.1 Å². The summed E-state index contributed by atoms with van der Waals surface area (Å²) in [5, 5.41) is 2.76. The molecule has 4 heteroatoms. The van der Waals surface area contributed by atoms with Crippen molar-refractivity contribution in [3.05, 3.63) is 12.3 Å². The monoisotopic (exact) mass is 156 g/mol. The molecule has 1 unspecified atom stereocenters. The first-order valence-corrected chi connectivity index (χ1v) is 3.37. The van der Waals surface area contributed by atoms with Crippen LogP contribution in [0.15, 0.2) is 12.3 Å². The summed E-state index contributed by atoms with van der Waals surface area (Å²) in [5.41, 5.74) is 5.06. The fourth-order valence-corrected chi connectivity index (χ4v) is 1.08. The molecule has 0 aliphatic carbocycles. The molecule has 1 heterocycles. The molecule has 3 N–H and O–H groups in total. The third kappa shape index (κ3) is 1.33. The molecule has 1 aliphatic rings. The number of carbonyl (C=O) groups is 1. The van der Waals surface area contributed by atoms with Crippen LogP contribution in [0.1, 0.15) is 6.42 Å². The van der Waals surface area contributed by atoms with Crippen LogP contribution in [-0.2, 0) is 4.79 Å². The Bertz CT molecular complexity index is 200. The molecule has 1 amide bonds. The number of nitrogens with two attached hydrogens (primary N) is 1. The molecule has 0 fully saturated rings. The van der Waals surface area contributed by atoms with Crippen LogP contribution < -0.4 is 11.1 Å². The van der Waals surface area contributed by atoms with Crippen molar-refractivity contribution in [2.45, 2.75) is 6.42 Å². The van der Waals surface area contributed by atoms with Gasteiger partial charge < -0.3 is 11.1 Å². The van der Waals surface area contributed by atoms with E-state index in [0.29, 0.717) is 11.4 Å². The molecule has 0 radical (unpaired) electrons. The third-order valence-corrected chi connectivity index (χ3v) is 1.78. The van der Waals surface area contributed by atoms with E-state index in [1.165, 1.54) is 0 Å². The fourth-order valence-electron chi connectivity index (χ4n) is 0.798. The van der Waals surface area contributed by atoms with Gasteiger partial charge in [-0.25, -0.2) is 0 Å². The van der Waals surface area contributed by atoms with E-state index in [4.69, 9.17) is 18.0 Å². The molecule has 0 aromatic heterocycles. The Kier molecular flexibility index (Phi) is 2.01. The molecular weight excluding hydrogens is 148 g/mol. The number of primary amides is 1. The van der Waals surface area contributed by atoms with Gasteiger partial charge in [0.25, 0.3) is 0 Å². The lowest BCUT2D eigenvalue weighted by atomic mass is 10.0. The van der Waals surface area contributed by atoms with E-state index in [0.717, 1.165) is 0 Å². The minimum absolute atomic E-state index is 0.306. The summed E-state index contributed by atoms with van der Waals surface area (Å²) in [4.78, 5) is 11.1. The lowest BCUT2D eigenvalue weighted by Gasteiger charge is -2.16. The fraction of sp³-hybridized carbons (Fsp3) is 0.333. The highest BCUT2D eigenvalue weighted by molar-refractivity contribution is 7.80. The molecule has 0 saturated carbocycles. The van der Waals surface area contributed by atoms with E-state index in [1.54, 1.807) is 6.20 Å². The number of rotatable bonds is 1. The maximum Gasteiger partial charge on any atom is 0.227 e. The molecule has 1 rings (SSSR count). The molecule has 1 aliphatic heterocycles. The van der Waals surface area contributed by atoms with E-state index in [1.807, 2.05) is 6.08 Å². The second-order valence-corrected chi connectivity index (χ2v) is 2.54. The average molecular weight is 156 g/mol. The second-order valence-electron chi connectivity index (χ2n) is 2.10. The maximum atomic E-state index is 10.6. The smallest absolute Gasteiger partial charge is 0.227 e. The first-order chi connectivity index (χ1) is 4.72. The first kappa shape index (κ1) is 7.21. The van der Waals surface area contributed by atoms with Gasteiger partial charge >= 0.3 is 0 Å². The van der Waals surface area contributed by atoms with E-state index >= 15 is 0 Å². The number of amides is 1. The summed E-state index contributed by atoms with van der Waals surface area (Å²) >= 11 is 4.84. The van der Waals surface area contributed by atoms with Gasteiger partial charge in [-0.3, -0.25) is 4.79 Å². The SMILES string of the molecule is NC(=O)C1CC=CNC1=S. The Morgan fingerprint density at radius 2 is 2.60 bits per heavy atom. The molecule has 1 atom stereocenters. The number of hydrogen-bond acceptors (Lipinski definition) is 2. The van der Waals surface area contributed by atoms with Crippen LogP contribution in [-0.4, -0.2) is 10.9 Å². The average Bonchev–Trinajstić information content (AvgIpc) is 1.88. The molecule has 0 bridgehead atoms. The zero-order valence-corrected chi connectivity index (χ0v) is 6.15. The summed E-state index contributed by atoms with van der Waals surface area (Å²) < 4.78 is 0. The molecule has 3 nitrogen and oxygen atoms in total. The second kappa shape index (κ2) is 2.79. The zero-order chi connectivity index (χ0) is 7.56. The van der Waals surface area contributed by atoms with Crippen LogP contribution in [0.25, 0.3) is 0 Å². The molecular formula is C6H8N2OS. The first-order valence-electron chi connectivity index (χ1n) is 2.96. The van der Waals surface area contributed by atoms with Gasteiger partial charge in [0, 0.05) is 0 Å². The molecule has 10 heavy (non-hydrogen) atoms. The van der Waals surface area contributed by atoms with Gasteiger partial charge in [0.05, 0.1) is 10.9 Å².